The third-order valence-electron chi connectivity index (χ3n) is 5.22. The zero-order valence-electron chi connectivity index (χ0n) is 13.9. The van der Waals surface area contributed by atoms with Crippen molar-refractivity contribution >= 4 is 5.97 Å². The first-order chi connectivity index (χ1) is 9.90. The van der Waals surface area contributed by atoms with Gasteiger partial charge in [-0.05, 0) is 77.8 Å². The highest BCUT2D eigenvalue weighted by Gasteiger charge is 2.37. The molecule has 0 aromatic carbocycles. The topological polar surface area (TPSA) is 52.6 Å². The molecular formula is C17H32N2O2. The Morgan fingerprint density at radius 3 is 2.57 bits per heavy atom. The van der Waals surface area contributed by atoms with Gasteiger partial charge in [0.05, 0.1) is 0 Å². The molecule has 4 heteroatoms. The Morgan fingerprint density at radius 1 is 1.29 bits per heavy atom. The van der Waals surface area contributed by atoms with Crippen LogP contribution in [0.25, 0.3) is 0 Å². The van der Waals surface area contributed by atoms with Crippen LogP contribution in [0.2, 0.25) is 0 Å². The number of nitrogens with one attached hydrogen (secondary N) is 1. The summed E-state index contributed by atoms with van der Waals surface area (Å²) >= 11 is 0. The van der Waals surface area contributed by atoms with Crippen LogP contribution in [0.3, 0.4) is 0 Å². The van der Waals surface area contributed by atoms with Crippen molar-refractivity contribution in [2.24, 2.45) is 5.92 Å². The molecule has 1 aliphatic heterocycles. The van der Waals surface area contributed by atoms with E-state index in [1.165, 1.54) is 19.4 Å². The summed E-state index contributed by atoms with van der Waals surface area (Å²) in [5, 5.41) is 12.8. The maximum absolute atomic E-state index is 11.5. The van der Waals surface area contributed by atoms with E-state index < -0.39 is 11.5 Å². The van der Waals surface area contributed by atoms with Crippen molar-refractivity contribution in [1.82, 2.24) is 10.2 Å². The third kappa shape index (κ3) is 4.96. The predicted octanol–water partition coefficient (Wildman–Crippen LogP) is 2.87. The summed E-state index contributed by atoms with van der Waals surface area (Å²) in [6.07, 6.45) is 7.70. The average Bonchev–Trinajstić information content (AvgIpc) is 3.20. The van der Waals surface area contributed by atoms with Gasteiger partial charge in [0.15, 0.2) is 0 Å². The summed E-state index contributed by atoms with van der Waals surface area (Å²) < 4.78 is 0. The molecule has 1 aliphatic carbocycles. The molecule has 3 unspecified atom stereocenters. The highest BCUT2D eigenvalue weighted by Crippen LogP contribution is 2.26. The van der Waals surface area contributed by atoms with Gasteiger partial charge in [-0.3, -0.25) is 10.1 Å². The minimum atomic E-state index is -0.733. The second-order valence-electron chi connectivity index (χ2n) is 7.53. The maximum atomic E-state index is 11.5. The Balaban J connectivity index is 1.69. The minimum Gasteiger partial charge on any atom is -0.480 e. The quantitative estimate of drug-likeness (QED) is 0.676. The van der Waals surface area contributed by atoms with Gasteiger partial charge in [-0.15, -0.1) is 0 Å². The SMILES string of the molecule is CC1CCN(CCCCC(C)(NC2CC2)C(=O)O)C(C)C1. The van der Waals surface area contributed by atoms with E-state index in [-0.39, 0.29) is 0 Å². The lowest BCUT2D eigenvalue weighted by atomic mass is 9.92. The summed E-state index contributed by atoms with van der Waals surface area (Å²) in [6.45, 7) is 8.84. The number of nitrogens with zero attached hydrogens (tertiary/aromatic N) is 1. The van der Waals surface area contributed by atoms with Crippen molar-refractivity contribution in [3.8, 4) is 0 Å². The van der Waals surface area contributed by atoms with Gasteiger partial charge in [0.2, 0.25) is 0 Å². The number of rotatable bonds is 8. The van der Waals surface area contributed by atoms with Gasteiger partial charge >= 0.3 is 5.97 Å². The molecular weight excluding hydrogens is 264 g/mol. The number of carboxylic acid groups (broad SMARTS) is 1. The first-order valence-corrected chi connectivity index (χ1v) is 8.66. The molecule has 122 valence electrons. The molecule has 2 N–H and O–H groups in total. The Morgan fingerprint density at radius 2 is 2.00 bits per heavy atom. The van der Waals surface area contributed by atoms with E-state index in [0.717, 1.165) is 44.6 Å². The fraction of sp³-hybridized carbons (Fsp3) is 0.941. The molecule has 1 saturated heterocycles. The van der Waals surface area contributed by atoms with Gasteiger partial charge < -0.3 is 10.0 Å². The van der Waals surface area contributed by atoms with E-state index in [1.54, 1.807) is 0 Å². The highest BCUT2D eigenvalue weighted by molar-refractivity contribution is 5.78. The Kier molecular flexibility index (Phi) is 5.67. The average molecular weight is 296 g/mol. The van der Waals surface area contributed by atoms with Crippen LogP contribution in [0.4, 0.5) is 0 Å². The molecule has 2 aliphatic rings. The van der Waals surface area contributed by atoms with E-state index in [4.69, 9.17) is 0 Å². The number of likely N-dealkylation sites (tertiary alicyclic amines) is 1. The molecule has 21 heavy (non-hydrogen) atoms. The molecule has 3 atom stereocenters. The standard InChI is InChI=1S/C17H32N2O2/c1-13-8-11-19(14(2)12-13)10-5-4-9-17(3,16(20)21)18-15-6-7-15/h13-15,18H,4-12H2,1-3H3,(H,20,21). The fourth-order valence-electron chi connectivity index (χ4n) is 3.50. The molecule has 1 saturated carbocycles. The van der Waals surface area contributed by atoms with Crippen molar-refractivity contribution in [3.05, 3.63) is 0 Å². The van der Waals surface area contributed by atoms with Crippen LogP contribution in [-0.4, -0.2) is 46.7 Å². The van der Waals surface area contributed by atoms with Crippen molar-refractivity contribution in [2.45, 2.75) is 83.3 Å². The predicted molar refractivity (Wildman–Crippen MR) is 85.5 cm³/mol. The summed E-state index contributed by atoms with van der Waals surface area (Å²) in [5.41, 5.74) is -0.733. The van der Waals surface area contributed by atoms with Crippen molar-refractivity contribution in [2.75, 3.05) is 13.1 Å². The second kappa shape index (κ2) is 7.10. The number of carboxylic acids is 1. The van der Waals surface area contributed by atoms with E-state index >= 15 is 0 Å². The van der Waals surface area contributed by atoms with E-state index in [0.29, 0.717) is 12.1 Å². The highest BCUT2D eigenvalue weighted by atomic mass is 16.4. The zero-order chi connectivity index (χ0) is 15.5. The van der Waals surface area contributed by atoms with Crippen molar-refractivity contribution < 1.29 is 9.90 Å². The molecule has 0 amide bonds. The molecule has 0 aromatic heterocycles. The monoisotopic (exact) mass is 296 g/mol. The molecule has 1 heterocycles. The number of piperidine rings is 1. The second-order valence-corrected chi connectivity index (χ2v) is 7.53. The molecule has 4 nitrogen and oxygen atoms in total. The van der Waals surface area contributed by atoms with E-state index in [1.807, 2.05) is 6.92 Å². The normalized spacial score (nSPS) is 30.0. The zero-order valence-corrected chi connectivity index (χ0v) is 13.9. The lowest BCUT2D eigenvalue weighted by Crippen LogP contribution is -2.50. The number of unbranched alkanes of at least 4 members (excludes halogenated alkanes) is 1. The third-order valence-corrected chi connectivity index (χ3v) is 5.22. The van der Waals surface area contributed by atoms with Crippen LogP contribution in [0.1, 0.15) is 65.7 Å². The first-order valence-electron chi connectivity index (χ1n) is 8.66. The minimum absolute atomic E-state index is 0.440. The van der Waals surface area contributed by atoms with E-state index in [9.17, 15) is 9.90 Å². The van der Waals surface area contributed by atoms with Gasteiger partial charge in [-0.25, -0.2) is 0 Å². The molecule has 2 fully saturated rings. The molecule has 0 radical (unpaired) electrons. The van der Waals surface area contributed by atoms with Crippen LogP contribution in [0.5, 0.6) is 0 Å². The number of carbonyl (C=O) groups is 1. The molecule has 2 rings (SSSR count). The van der Waals surface area contributed by atoms with Gasteiger partial charge in [0, 0.05) is 12.1 Å². The first kappa shape index (κ1) is 16.8. The summed E-state index contributed by atoms with van der Waals surface area (Å²) in [4.78, 5) is 14.1. The maximum Gasteiger partial charge on any atom is 0.323 e. The lowest BCUT2D eigenvalue weighted by Gasteiger charge is -2.36. The Hall–Kier alpha value is -0.610. The van der Waals surface area contributed by atoms with Crippen LogP contribution in [0, 0.1) is 5.92 Å². The molecule has 0 bridgehead atoms. The molecule has 0 spiro atoms. The smallest absolute Gasteiger partial charge is 0.323 e. The van der Waals surface area contributed by atoms with Gasteiger partial charge in [0.25, 0.3) is 0 Å². The number of hydrogen-bond acceptors (Lipinski definition) is 3. The summed E-state index contributed by atoms with van der Waals surface area (Å²) in [6, 6.07) is 1.12. The Bertz CT molecular complexity index is 357. The van der Waals surface area contributed by atoms with Crippen LogP contribution in [0.15, 0.2) is 0 Å². The lowest BCUT2D eigenvalue weighted by molar-refractivity contribution is -0.144. The van der Waals surface area contributed by atoms with Crippen LogP contribution in [-0.2, 0) is 4.79 Å². The number of aliphatic carboxylic acids is 1. The molecule has 0 aromatic rings. The van der Waals surface area contributed by atoms with Crippen molar-refractivity contribution in [3.63, 3.8) is 0 Å². The van der Waals surface area contributed by atoms with Gasteiger partial charge in [-0.2, -0.15) is 0 Å². The van der Waals surface area contributed by atoms with Crippen molar-refractivity contribution in [1.29, 1.82) is 0 Å². The summed E-state index contributed by atoms with van der Waals surface area (Å²) in [5.74, 6) is 0.156. The van der Waals surface area contributed by atoms with Crippen LogP contribution < -0.4 is 5.32 Å². The van der Waals surface area contributed by atoms with Gasteiger partial charge in [0.1, 0.15) is 5.54 Å². The van der Waals surface area contributed by atoms with Crippen LogP contribution >= 0.6 is 0 Å². The van der Waals surface area contributed by atoms with E-state index in [2.05, 4.69) is 24.1 Å². The Labute approximate surface area is 129 Å². The summed E-state index contributed by atoms with van der Waals surface area (Å²) in [7, 11) is 0. The largest absolute Gasteiger partial charge is 0.480 e. The fourth-order valence-corrected chi connectivity index (χ4v) is 3.50. The van der Waals surface area contributed by atoms with Gasteiger partial charge in [-0.1, -0.05) is 6.92 Å². The number of hydrogen-bond donors (Lipinski definition) is 2.